The van der Waals surface area contributed by atoms with Crippen LogP contribution in [0.1, 0.15) is 22.3 Å². The van der Waals surface area contributed by atoms with Crippen molar-refractivity contribution >= 4 is 32.6 Å². The van der Waals surface area contributed by atoms with Crippen molar-refractivity contribution in [2.75, 3.05) is 0 Å². The van der Waals surface area contributed by atoms with E-state index in [1.54, 1.807) is 0 Å². The van der Waals surface area contributed by atoms with Gasteiger partial charge in [-0.3, -0.25) is 0 Å². The molecule has 1 spiro atoms. The molecule has 13 rings (SSSR count). The molecule has 9 aromatic carbocycles. The largest absolute Gasteiger partial charge is 0.309 e. The molecule has 0 N–H and O–H groups in total. The lowest BCUT2D eigenvalue weighted by atomic mass is 9.70. The summed E-state index contributed by atoms with van der Waals surface area (Å²) in [6, 6.07) is 74.4. The first-order valence-electron chi connectivity index (χ1n) is 20.5. The number of hydrogen-bond acceptors (Lipinski definition) is 3. The Morgan fingerprint density at radius 3 is 1.50 bits per heavy atom. The average Bonchev–Trinajstić information content (AvgIpc) is 3.92. The molecule has 2 aliphatic rings. The first-order chi connectivity index (χ1) is 29.7. The maximum atomic E-state index is 5.29. The molecular formula is C56H34N4. The topological polar surface area (TPSA) is 43.6 Å². The number of rotatable bonds is 4. The van der Waals surface area contributed by atoms with Gasteiger partial charge in [-0.15, -0.1) is 0 Å². The van der Waals surface area contributed by atoms with Gasteiger partial charge in [0.2, 0.25) is 0 Å². The van der Waals surface area contributed by atoms with Crippen LogP contribution in [0.3, 0.4) is 0 Å². The van der Waals surface area contributed by atoms with Crippen LogP contribution in [0.2, 0.25) is 0 Å². The van der Waals surface area contributed by atoms with E-state index in [0.717, 1.165) is 33.4 Å². The van der Waals surface area contributed by atoms with Gasteiger partial charge in [-0.05, 0) is 97.7 Å². The summed E-state index contributed by atoms with van der Waals surface area (Å²) in [5, 5.41) is 4.96. The SMILES string of the molecule is c1ccc(-c2nc(-c3cccc(-n4c5ccccc5c5ccccc54)c3)nc(-c3ccc4c(c3)-c3ccccc3C43c4ccccc4-c4cc5ccccc5cc43)n2)cc1. The van der Waals surface area contributed by atoms with Gasteiger partial charge in [0, 0.05) is 33.2 Å². The van der Waals surface area contributed by atoms with Crippen molar-refractivity contribution in [1.82, 2.24) is 19.5 Å². The molecule has 4 nitrogen and oxygen atoms in total. The Balaban J connectivity index is 1.01. The fourth-order valence-corrected chi connectivity index (χ4v) is 10.3. The number of fused-ring (bicyclic) bond motifs is 14. The summed E-state index contributed by atoms with van der Waals surface area (Å²) in [6.45, 7) is 0. The minimum Gasteiger partial charge on any atom is -0.309 e. The zero-order valence-electron chi connectivity index (χ0n) is 32.4. The predicted molar refractivity (Wildman–Crippen MR) is 244 cm³/mol. The van der Waals surface area contributed by atoms with Gasteiger partial charge in [0.1, 0.15) is 0 Å². The lowest BCUT2D eigenvalue weighted by Crippen LogP contribution is -2.25. The molecule has 0 radical (unpaired) electrons. The first-order valence-corrected chi connectivity index (χ1v) is 20.5. The minimum atomic E-state index is -0.451. The van der Waals surface area contributed by atoms with Crippen molar-refractivity contribution in [3.05, 3.63) is 229 Å². The second-order valence-corrected chi connectivity index (χ2v) is 15.9. The van der Waals surface area contributed by atoms with Crippen LogP contribution in [0.15, 0.2) is 206 Å². The fourth-order valence-electron chi connectivity index (χ4n) is 10.3. The second kappa shape index (κ2) is 12.5. The Bertz CT molecular complexity index is 3510. The molecule has 0 fully saturated rings. The number of aromatic nitrogens is 4. The molecule has 60 heavy (non-hydrogen) atoms. The molecule has 11 aromatic rings. The van der Waals surface area contributed by atoms with Gasteiger partial charge >= 0.3 is 0 Å². The highest BCUT2D eigenvalue weighted by atomic mass is 15.0. The number of nitrogens with zero attached hydrogens (tertiary/aromatic N) is 4. The van der Waals surface area contributed by atoms with Crippen LogP contribution in [-0.2, 0) is 5.41 Å². The van der Waals surface area contributed by atoms with Gasteiger partial charge < -0.3 is 4.57 Å². The third kappa shape index (κ3) is 4.59. The zero-order valence-corrected chi connectivity index (χ0v) is 32.4. The van der Waals surface area contributed by atoms with E-state index in [0.29, 0.717) is 17.5 Å². The molecule has 0 bridgehead atoms. The average molecular weight is 763 g/mol. The van der Waals surface area contributed by atoms with Crippen LogP contribution in [0.5, 0.6) is 0 Å². The Labute approximate surface area is 346 Å². The van der Waals surface area contributed by atoms with Crippen molar-refractivity contribution in [3.63, 3.8) is 0 Å². The molecule has 278 valence electrons. The molecule has 2 heterocycles. The van der Waals surface area contributed by atoms with Gasteiger partial charge in [-0.2, -0.15) is 0 Å². The van der Waals surface area contributed by atoms with Crippen LogP contribution in [0, 0.1) is 0 Å². The lowest BCUT2D eigenvalue weighted by molar-refractivity contribution is 0.795. The van der Waals surface area contributed by atoms with Crippen LogP contribution < -0.4 is 0 Å². The Hall–Kier alpha value is -7.95. The van der Waals surface area contributed by atoms with Crippen molar-refractivity contribution in [2.24, 2.45) is 0 Å². The third-order valence-electron chi connectivity index (χ3n) is 12.8. The number of para-hydroxylation sites is 2. The third-order valence-corrected chi connectivity index (χ3v) is 12.8. The molecule has 0 saturated heterocycles. The minimum absolute atomic E-state index is 0.451. The summed E-state index contributed by atoms with van der Waals surface area (Å²) in [6.07, 6.45) is 0. The summed E-state index contributed by atoms with van der Waals surface area (Å²) in [4.78, 5) is 15.7. The fraction of sp³-hybridized carbons (Fsp3) is 0.0179. The van der Waals surface area contributed by atoms with Crippen LogP contribution in [0.4, 0.5) is 0 Å². The van der Waals surface area contributed by atoms with E-state index in [9.17, 15) is 0 Å². The Morgan fingerprint density at radius 2 is 0.817 bits per heavy atom. The van der Waals surface area contributed by atoms with E-state index in [1.165, 1.54) is 66.1 Å². The standard InChI is InChI=1S/C56H34N4/c1-2-15-35(16-3-1)53-57-54(38-19-14-20-40(31-38)60-51-27-12-8-23-43(51)44-24-9-13-28-52(44)60)59-55(58-53)39-29-30-49-45(33-39)41-21-6-10-25-47(41)56(49)48-26-11-7-22-42(48)46-32-36-17-4-5-18-37(36)34-50(46)56/h1-34H. The summed E-state index contributed by atoms with van der Waals surface area (Å²) in [5.41, 5.74) is 16.0. The van der Waals surface area contributed by atoms with E-state index >= 15 is 0 Å². The summed E-state index contributed by atoms with van der Waals surface area (Å²) in [5.74, 6) is 1.91. The zero-order chi connectivity index (χ0) is 39.4. The smallest absolute Gasteiger partial charge is 0.164 e. The van der Waals surface area contributed by atoms with Gasteiger partial charge in [0.05, 0.1) is 16.4 Å². The van der Waals surface area contributed by atoms with Crippen molar-refractivity contribution in [2.45, 2.75) is 5.41 Å². The maximum Gasteiger partial charge on any atom is 0.164 e. The molecular weight excluding hydrogens is 729 g/mol. The molecule has 0 saturated carbocycles. The highest BCUT2D eigenvalue weighted by Crippen LogP contribution is 2.63. The molecule has 0 amide bonds. The van der Waals surface area contributed by atoms with Gasteiger partial charge in [0.25, 0.3) is 0 Å². The maximum absolute atomic E-state index is 5.29. The van der Waals surface area contributed by atoms with E-state index in [4.69, 9.17) is 15.0 Å². The van der Waals surface area contributed by atoms with Crippen LogP contribution >= 0.6 is 0 Å². The lowest BCUT2D eigenvalue weighted by Gasteiger charge is -2.30. The molecule has 2 aromatic heterocycles. The highest BCUT2D eigenvalue weighted by molar-refractivity contribution is 6.09. The van der Waals surface area contributed by atoms with E-state index < -0.39 is 5.41 Å². The van der Waals surface area contributed by atoms with Gasteiger partial charge in [-0.1, -0.05) is 164 Å². The molecule has 1 unspecified atom stereocenters. The second-order valence-electron chi connectivity index (χ2n) is 15.9. The van der Waals surface area contributed by atoms with E-state index in [1.807, 2.05) is 18.2 Å². The molecule has 4 heteroatoms. The summed E-state index contributed by atoms with van der Waals surface area (Å²) in [7, 11) is 0. The Kier molecular flexibility index (Phi) is 6.90. The first kappa shape index (κ1) is 33.1. The number of benzene rings is 9. The predicted octanol–water partition coefficient (Wildman–Crippen LogP) is 13.5. The van der Waals surface area contributed by atoms with Gasteiger partial charge in [0.15, 0.2) is 17.5 Å². The van der Waals surface area contributed by atoms with Crippen molar-refractivity contribution < 1.29 is 0 Å². The molecule has 1 atom stereocenters. The quantitative estimate of drug-likeness (QED) is 0.179. The number of hydrogen-bond donors (Lipinski definition) is 0. The Morgan fingerprint density at radius 1 is 0.317 bits per heavy atom. The monoisotopic (exact) mass is 762 g/mol. The van der Waals surface area contributed by atoms with Crippen molar-refractivity contribution in [1.29, 1.82) is 0 Å². The van der Waals surface area contributed by atoms with Crippen LogP contribution in [-0.4, -0.2) is 19.5 Å². The molecule has 0 aliphatic heterocycles. The van der Waals surface area contributed by atoms with E-state index in [-0.39, 0.29) is 0 Å². The van der Waals surface area contributed by atoms with Crippen LogP contribution in [0.25, 0.3) is 94.7 Å². The summed E-state index contributed by atoms with van der Waals surface area (Å²) >= 11 is 0. The highest BCUT2D eigenvalue weighted by Gasteiger charge is 2.51. The van der Waals surface area contributed by atoms with Gasteiger partial charge in [-0.25, -0.2) is 15.0 Å². The molecule has 2 aliphatic carbocycles. The van der Waals surface area contributed by atoms with Crippen molar-refractivity contribution in [3.8, 4) is 62.1 Å². The summed E-state index contributed by atoms with van der Waals surface area (Å²) < 4.78 is 2.34. The normalized spacial score (nSPS) is 14.7. The van der Waals surface area contributed by atoms with E-state index in [2.05, 4.69) is 193 Å².